The summed E-state index contributed by atoms with van der Waals surface area (Å²) in [5, 5.41) is 3.84. The van der Waals surface area contributed by atoms with Crippen LogP contribution >= 0.6 is 11.8 Å². The molecule has 1 heterocycles. The van der Waals surface area contributed by atoms with E-state index >= 15 is 0 Å². The molecule has 31 heavy (non-hydrogen) atoms. The highest BCUT2D eigenvalue weighted by Crippen LogP contribution is 2.32. The molecule has 0 aliphatic heterocycles. The number of benzene rings is 3. The summed E-state index contributed by atoms with van der Waals surface area (Å²) in [6, 6.07) is 26.3. The number of amides is 1. The van der Waals surface area contributed by atoms with Crippen LogP contribution in [0.4, 0.5) is 5.69 Å². The molecule has 0 radical (unpaired) electrons. The van der Waals surface area contributed by atoms with Crippen LogP contribution in [0.25, 0.3) is 22.5 Å². The van der Waals surface area contributed by atoms with E-state index in [1.807, 2.05) is 68.4 Å². The highest BCUT2D eigenvalue weighted by atomic mass is 32.2. The molecule has 2 N–H and O–H groups in total. The first-order valence-electron chi connectivity index (χ1n) is 10.3. The van der Waals surface area contributed by atoms with Crippen LogP contribution in [-0.4, -0.2) is 21.6 Å². The van der Waals surface area contributed by atoms with Crippen LogP contribution in [0.15, 0.2) is 84.0 Å². The van der Waals surface area contributed by atoms with Crippen molar-refractivity contribution in [2.75, 3.05) is 11.1 Å². The topological polar surface area (TPSA) is 57.8 Å². The number of hydrogen-bond acceptors (Lipinski definition) is 3. The van der Waals surface area contributed by atoms with Crippen LogP contribution in [0.1, 0.15) is 17.5 Å². The number of aromatic amines is 1. The molecule has 4 nitrogen and oxygen atoms in total. The van der Waals surface area contributed by atoms with Gasteiger partial charge in [0, 0.05) is 29.0 Å². The number of rotatable bonds is 7. The molecular weight excluding hydrogens is 402 g/mol. The van der Waals surface area contributed by atoms with Gasteiger partial charge in [-0.05, 0) is 31.0 Å². The van der Waals surface area contributed by atoms with E-state index in [9.17, 15) is 4.79 Å². The lowest BCUT2D eigenvalue weighted by atomic mass is 10.1. The molecule has 0 fully saturated rings. The molecule has 0 unspecified atom stereocenters. The van der Waals surface area contributed by atoms with Crippen molar-refractivity contribution in [3.63, 3.8) is 0 Å². The SMILES string of the molecule is Cc1cccc(NC(=O)CCSc2nc(-c3ccccc3)c(-c3ccccc3)[nH]2)c1C. The van der Waals surface area contributed by atoms with Gasteiger partial charge in [-0.2, -0.15) is 0 Å². The number of anilines is 1. The zero-order chi connectivity index (χ0) is 21.6. The molecule has 1 aromatic heterocycles. The van der Waals surface area contributed by atoms with E-state index in [4.69, 9.17) is 4.98 Å². The lowest BCUT2D eigenvalue weighted by molar-refractivity contribution is -0.115. The third-order valence-corrected chi connectivity index (χ3v) is 6.11. The van der Waals surface area contributed by atoms with Crippen LogP contribution < -0.4 is 5.32 Å². The van der Waals surface area contributed by atoms with Crippen LogP contribution in [0.3, 0.4) is 0 Å². The van der Waals surface area contributed by atoms with E-state index < -0.39 is 0 Å². The number of aryl methyl sites for hydroxylation is 1. The fourth-order valence-corrected chi connectivity index (χ4v) is 4.19. The molecule has 5 heteroatoms. The van der Waals surface area contributed by atoms with Crippen LogP contribution in [-0.2, 0) is 4.79 Å². The average Bonchev–Trinajstić information content (AvgIpc) is 3.22. The normalized spacial score (nSPS) is 10.8. The number of carbonyl (C=O) groups excluding carboxylic acids is 1. The number of imidazole rings is 1. The number of nitrogens with zero attached hydrogens (tertiary/aromatic N) is 1. The van der Waals surface area contributed by atoms with E-state index in [2.05, 4.69) is 34.6 Å². The minimum atomic E-state index is 0.0133. The Morgan fingerprint density at radius 2 is 1.58 bits per heavy atom. The fourth-order valence-electron chi connectivity index (χ4n) is 3.38. The Morgan fingerprint density at radius 1 is 0.903 bits per heavy atom. The van der Waals surface area contributed by atoms with E-state index in [1.165, 1.54) is 5.56 Å². The van der Waals surface area contributed by atoms with Crippen molar-refractivity contribution < 1.29 is 4.79 Å². The summed E-state index contributed by atoms with van der Waals surface area (Å²) in [5.41, 5.74) is 7.23. The molecule has 1 amide bonds. The number of nitrogens with one attached hydrogen (secondary N) is 2. The van der Waals surface area contributed by atoms with E-state index in [0.717, 1.165) is 38.9 Å². The van der Waals surface area contributed by atoms with Gasteiger partial charge in [0.25, 0.3) is 0 Å². The predicted octanol–water partition coefficient (Wildman–Crippen LogP) is 6.48. The second-order valence-corrected chi connectivity index (χ2v) is 8.48. The standard InChI is InChI=1S/C26H25N3OS/c1-18-10-9-15-22(19(18)2)27-23(30)16-17-31-26-28-24(20-11-5-3-6-12-20)25(29-26)21-13-7-4-8-14-21/h3-15H,16-17H2,1-2H3,(H,27,30)(H,28,29). The molecule has 0 bridgehead atoms. The molecule has 156 valence electrons. The molecule has 4 rings (SSSR count). The van der Waals surface area contributed by atoms with E-state index in [0.29, 0.717) is 12.2 Å². The van der Waals surface area contributed by atoms with Gasteiger partial charge in [-0.3, -0.25) is 4.79 Å². The van der Waals surface area contributed by atoms with Crippen molar-refractivity contribution >= 4 is 23.4 Å². The first kappa shape index (κ1) is 20.9. The van der Waals surface area contributed by atoms with Gasteiger partial charge in [0.2, 0.25) is 5.91 Å². The number of H-pyrrole nitrogens is 1. The first-order chi connectivity index (χ1) is 15.1. The highest BCUT2D eigenvalue weighted by molar-refractivity contribution is 7.99. The van der Waals surface area contributed by atoms with Crippen LogP contribution in [0, 0.1) is 13.8 Å². The monoisotopic (exact) mass is 427 g/mol. The van der Waals surface area contributed by atoms with Crippen molar-refractivity contribution in [2.45, 2.75) is 25.4 Å². The Morgan fingerprint density at radius 3 is 2.29 bits per heavy atom. The largest absolute Gasteiger partial charge is 0.332 e. The molecule has 3 aromatic carbocycles. The van der Waals surface area contributed by atoms with Gasteiger partial charge in [0.15, 0.2) is 5.16 Å². The third kappa shape index (κ3) is 5.06. The Bertz CT molecular complexity index is 1110. The second-order valence-electron chi connectivity index (χ2n) is 7.39. The van der Waals surface area contributed by atoms with Crippen LogP contribution in [0.5, 0.6) is 0 Å². The van der Waals surface area contributed by atoms with Crippen molar-refractivity contribution in [3.8, 4) is 22.5 Å². The summed E-state index contributed by atoms with van der Waals surface area (Å²) < 4.78 is 0. The first-order valence-corrected chi connectivity index (χ1v) is 11.3. The van der Waals surface area contributed by atoms with Gasteiger partial charge in [-0.15, -0.1) is 0 Å². The van der Waals surface area contributed by atoms with Crippen molar-refractivity contribution in [1.29, 1.82) is 0 Å². The number of thioether (sulfide) groups is 1. The average molecular weight is 428 g/mol. The maximum absolute atomic E-state index is 12.4. The minimum Gasteiger partial charge on any atom is -0.332 e. The van der Waals surface area contributed by atoms with Crippen LogP contribution in [0.2, 0.25) is 0 Å². The number of carbonyl (C=O) groups is 1. The molecule has 0 spiro atoms. The summed E-state index contributed by atoms with van der Waals surface area (Å²) >= 11 is 1.56. The minimum absolute atomic E-state index is 0.0133. The smallest absolute Gasteiger partial charge is 0.225 e. The molecular formula is C26H25N3OS. The zero-order valence-electron chi connectivity index (χ0n) is 17.7. The Labute approximate surface area is 187 Å². The predicted molar refractivity (Wildman–Crippen MR) is 129 cm³/mol. The van der Waals surface area contributed by atoms with Gasteiger partial charge in [-0.1, -0.05) is 84.6 Å². The highest BCUT2D eigenvalue weighted by Gasteiger charge is 2.15. The fraction of sp³-hybridized carbons (Fsp3) is 0.154. The lowest BCUT2D eigenvalue weighted by Gasteiger charge is -2.10. The summed E-state index contributed by atoms with van der Waals surface area (Å²) in [4.78, 5) is 20.7. The van der Waals surface area contributed by atoms with Crippen molar-refractivity contribution in [1.82, 2.24) is 9.97 Å². The molecule has 4 aromatic rings. The van der Waals surface area contributed by atoms with Crippen molar-refractivity contribution in [3.05, 3.63) is 90.0 Å². The van der Waals surface area contributed by atoms with E-state index in [-0.39, 0.29) is 5.91 Å². The second kappa shape index (κ2) is 9.67. The molecule has 0 aliphatic carbocycles. The molecule has 0 aliphatic rings. The van der Waals surface area contributed by atoms with Gasteiger partial charge in [0.1, 0.15) is 0 Å². The van der Waals surface area contributed by atoms with Gasteiger partial charge in [0.05, 0.1) is 11.4 Å². The summed E-state index contributed by atoms with van der Waals surface area (Å²) in [6.07, 6.45) is 0.417. The maximum Gasteiger partial charge on any atom is 0.225 e. The molecule has 0 saturated heterocycles. The lowest BCUT2D eigenvalue weighted by Crippen LogP contribution is -2.13. The Balaban J connectivity index is 1.46. The third-order valence-electron chi connectivity index (χ3n) is 5.24. The molecule has 0 saturated carbocycles. The number of hydrogen-bond donors (Lipinski definition) is 2. The summed E-state index contributed by atoms with van der Waals surface area (Å²) in [5.74, 6) is 0.659. The maximum atomic E-state index is 12.4. The Hall–Kier alpha value is -3.31. The number of aromatic nitrogens is 2. The van der Waals surface area contributed by atoms with Crippen molar-refractivity contribution in [2.24, 2.45) is 0 Å². The summed E-state index contributed by atoms with van der Waals surface area (Å²) in [7, 11) is 0. The van der Waals surface area contributed by atoms with E-state index in [1.54, 1.807) is 11.8 Å². The quantitative estimate of drug-likeness (QED) is 0.332. The molecule has 0 atom stereocenters. The summed E-state index contributed by atoms with van der Waals surface area (Å²) in [6.45, 7) is 4.07. The van der Waals surface area contributed by atoms with Gasteiger partial charge < -0.3 is 10.3 Å². The van der Waals surface area contributed by atoms with Gasteiger partial charge >= 0.3 is 0 Å². The van der Waals surface area contributed by atoms with Gasteiger partial charge in [-0.25, -0.2) is 4.98 Å². The Kier molecular flexibility index (Phi) is 6.53. The zero-order valence-corrected chi connectivity index (χ0v) is 18.5.